The van der Waals surface area contributed by atoms with Crippen LogP contribution in [0, 0.1) is 0 Å². The quantitative estimate of drug-likeness (QED) is 0.578. The highest BCUT2D eigenvalue weighted by atomic mass is 16.5. The van der Waals surface area contributed by atoms with E-state index in [4.69, 9.17) is 4.74 Å². The minimum atomic E-state index is -0.217. The number of carbonyl (C=O) groups is 1. The largest absolute Gasteiger partial charge is 0.457 e. The summed E-state index contributed by atoms with van der Waals surface area (Å²) in [5, 5.41) is 2.89. The Labute approximate surface area is 156 Å². The van der Waals surface area contributed by atoms with Gasteiger partial charge in [0.15, 0.2) is 0 Å². The summed E-state index contributed by atoms with van der Waals surface area (Å²) in [4.78, 5) is 20.9. The molecular formula is C22H17N3O2. The van der Waals surface area contributed by atoms with Crippen molar-refractivity contribution in [3.63, 3.8) is 0 Å². The molecule has 2 heterocycles. The Bertz CT molecular complexity index is 1060. The van der Waals surface area contributed by atoms with E-state index >= 15 is 0 Å². The number of hydrogen-bond acceptors (Lipinski definition) is 4. The molecule has 0 radical (unpaired) electrons. The van der Waals surface area contributed by atoms with Gasteiger partial charge in [0.1, 0.15) is 17.2 Å². The fraction of sp³-hybridized carbons (Fsp3) is 0.0455. The van der Waals surface area contributed by atoms with Gasteiger partial charge in [-0.25, -0.2) is 4.98 Å². The lowest BCUT2D eigenvalue weighted by atomic mass is 10.2. The third kappa shape index (κ3) is 4.10. The smallest absolute Gasteiger partial charge is 0.270 e. The van der Waals surface area contributed by atoms with Gasteiger partial charge in [-0.3, -0.25) is 9.78 Å². The van der Waals surface area contributed by atoms with E-state index in [-0.39, 0.29) is 5.91 Å². The number of nitrogens with one attached hydrogen (secondary N) is 1. The van der Waals surface area contributed by atoms with Crippen LogP contribution in [0.5, 0.6) is 11.5 Å². The van der Waals surface area contributed by atoms with Crippen molar-refractivity contribution >= 4 is 16.9 Å². The zero-order valence-corrected chi connectivity index (χ0v) is 14.5. The van der Waals surface area contributed by atoms with Crippen molar-refractivity contribution in [3.8, 4) is 11.5 Å². The standard InChI is InChI=1S/C22H17N3O2/c26-22(21-13-12-19-20(25-21)7-4-14-23-19)24-15-16-8-10-18(11-9-16)27-17-5-2-1-3-6-17/h1-14H,15H2,(H,24,26). The molecule has 5 heteroatoms. The van der Waals surface area contributed by atoms with Crippen LogP contribution in [0.1, 0.15) is 16.1 Å². The Balaban J connectivity index is 1.38. The minimum Gasteiger partial charge on any atom is -0.457 e. The maximum Gasteiger partial charge on any atom is 0.270 e. The van der Waals surface area contributed by atoms with Crippen LogP contribution in [-0.2, 0) is 6.54 Å². The molecule has 0 atom stereocenters. The highest BCUT2D eigenvalue weighted by molar-refractivity contribution is 5.94. The van der Waals surface area contributed by atoms with Gasteiger partial charge >= 0.3 is 0 Å². The number of carbonyl (C=O) groups excluding carboxylic acids is 1. The Kier molecular flexibility index (Phi) is 4.74. The molecule has 4 aromatic rings. The number of para-hydroxylation sites is 1. The van der Waals surface area contributed by atoms with E-state index in [1.165, 1.54) is 0 Å². The predicted octanol–water partition coefficient (Wildman–Crippen LogP) is 4.35. The molecular weight excluding hydrogens is 338 g/mol. The summed E-state index contributed by atoms with van der Waals surface area (Å²) in [5.41, 5.74) is 2.82. The third-order valence-corrected chi connectivity index (χ3v) is 4.04. The molecule has 0 fully saturated rings. The molecule has 1 N–H and O–H groups in total. The molecule has 0 saturated carbocycles. The van der Waals surface area contributed by atoms with Gasteiger partial charge in [-0.2, -0.15) is 0 Å². The van der Waals surface area contributed by atoms with E-state index in [1.54, 1.807) is 24.4 Å². The first-order valence-corrected chi connectivity index (χ1v) is 8.60. The molecule has 0 aliphatic heterocycles. The number of amides is 1. The summed E-state index contributed by atoms with van der Waals surface area (Å²) in [6, 6.07) is 24.3. The van der Waals surface area contributed by atoms with Gasteiger partial charge in [0.05, 0.1) is 11.0 Å². The third-order valence-electron chi connectivity index (χ3n) is 4.04. The highest BCUT2D eigenvalue weighted by Crippen LogP contribution is 2.21. The fourth-order valence-electron chi connectivity index (χ4n) is 2.66. The lowest BCUT2D eigenvalue weighted by Crippen LogP contribution is -2.23. The summed E-state index contributed by atoms with van der Waals surface area (Å²) < 4.78 is 5.77. The number of pyridine rings is 2. The lowest BCUT2D eigenvalue weighted by Gasteiger charge is -2.08. The van der Waals surface area contributed by atoms with Gasteiger partial charge in [-0.15, -0.1) is 0 Å². The maximum atomic E-state index is 12.4. The number of nitrogens with zero attached hydrogens (tertiary/aromatic N) is 2. The minimum absolute atomic E-state index is 0.217. The van der Waals surface area contributed by atoms with Crippen molar-refractivity contribution in [2.45, 2.75) is 6.54 Å². The molecule has 27 heavy (non-hydrogen) atoms. The summed E-state index contributed by atoms with van der Waals surface area (Å²) >= 11 is 0. The first-order valence-electron chi connectivity index (χ1n) is 8.60. The van der Waals surface area contributed by atoms with Crippen molar-refractivity contribution in [2.24, 2.45) is 0 Å². The number of hydrogen-bond donors (Lipinski definition) is 1. The Morgan fingerprint density at radius 2 is 1.59 bits per heavy atom. The number of ether oxygens (including phenoxy) is 1. The van der Waals surface area contributed by atoms with E-state index in [0.717, 1.165) is 22.6 Å². The van der Waals surface area contributed by atoms with Crippen LogP contribution in [0.15, 0.2) is 85.1 Å². The summed E-state index contributed by atoms with van der Waals surface area (Å²) in [5.74, 6) is 1.32. The van der Waals surface area contributed by atoms with E-state index in [9.17, 15) is 4.79 Å². The Morgan fingerprint density at radius 3 is 2.41 bits per heavy atom. The maximum absolute atomic E-state index is 12.4. The number of fused-ring (bicyclic) bond motifs is 1. The molecule has 4 rings (SSSR count). The van der Waals surface area contributed by atoms with Gasteiger partial charge < -0.3 is 10.1 Å². The van der Waals surface area contributed by atoms with Crippen molar-refractivity contribution in [1.82, 2.24) is 15.3 Å². The van der Waals surface area contributed by atoms with E-state index < -0.39 is 0 Å². The van der Waals surface area contributed by atoms with Gasteiger partial charge in [0, 0.05) is 12.7 Å². The van der Waals surface area contributed by atoms with Gasteiger partial charge in [-0.1, -0.05) is 30.3 Å². The second kappa shape index (κ2) is 7.66. The summed E-state index contributed by atoms with van der Waals surface area (Å²) in [6.07, 6.45) is 1.70. The molecule has 2 aromatic carbocycles. The molecule has 0 unspecified atom stereocenters. The van der Waals surface area contributed by atoms with Crippen LogP contribution >= 0.6 is 0 Å². The molecule has 1 amide bonds. The van der Waals surface area contributed by atoms with Crippen molar-refractivity contribution in [1.29, 1.82) is 0 Å². The van der Waals surface area contributed by atoms with Crippen LogP contribution < -0.4 is 10.1 Å². The number of aromatic nitrogens is 2. The van der Waals surface area contributed by atoms with Gasteiger partial charge in [0.25, 0.3) is 5.91 Å². The average Bonchev–Trinajstić information content (AvgIpc) is 2.73. The molecule has 132 valence electrons. The van der Waals surface area contributed by atoms with Crippen molar-refractivity contribution in [2.75, 3.05) is 0 Å². The fourth-order valence-corrected chi connectivity index (χ4v) is 2.66. The highest BCUT2D eigenvalue weighted by Gasteiger charge is 2.08. The second-order valence-electron chi connectivity index (χ2n) is 5.98. The predicted molar refractivity (Wildman–Crippen MR) is 104 cm³/mol. The van der Waals surface area contributed by atoms with Gasteiger partial charge in [0.2, 0.25) is 0 Å². The van der Waals surface area contributed by atoms with Crippen LogP contribution in [0.25, 0.3) is 11.0 Å². The lowest BCUT2D eigenvalue weighted by molar-refractivity contribution is 0.0946. The molecule has 0 spiro atoms. The normalized spacial score (nSPS) is 10.5. The van der Waals surface area contributed by atoms with Crippen LogP contribution in [0.3, 0.4) is 0 Å². The topological polar surface area (TPSA) is 64.1 Å². The van der Waals surface area contributed by atoms with Crippen molar-refractivity contribution in [3.05, 3.63) is 96.3 Å². The van der Waals surface area contributed by atoms with Crippen LogP contribution in [0.2, 0.25) is 0 Å². The molecule has 0 saturated heterocycles. The van der Waals surface area contributed by atoms with Crippen LogP contribution in [0.4, 0.5) is 0 Å². The Morgan fingerprint density at radius 1 is 0.815 bits per heavy atom. The first kappa shape index (κ1) is 16.7. The summed E-state index contributed by atoms with van der Waals surface area (Å²) in [6.45, 7) is 0.414. The van der Waals surface area contributed by atoms with Crippen molar-refractivity contribution < 1.29 is 9.53 Å². The van der Waals surface area contributed by atoms with Crippen LogP contribution in [-0.4, -0.2) is 15.9 Å². The molecule has 2 aromatic heterocycles. The summed E-state index contributed by atoms with van der Waals surface area (Å²) in [7, 11) is 0. The number of rotatable bonds is 5. The average molecular weight is 355 g/mol. The second-order valence-corrected chi connectivity index (χ2v) is 5.98. The molecule has 0 aliphatic rings. The zero-order valence-electron chi connectivity index (χ0n) is 14.5. The molecule has 5 nitrogen and oxygen atoms in total. The zero-order chi connectivity index (χ0) is 18.5. The van der Waals surface area contributed by atoms with E-state index in [0.29, 0.717) is 17.8 Å². The Hall–Kier alpha value is -3.73. The van der Waals surface area contributed by atoms with E-state index in [2.05, 4.69) is 15.3 Å². The molecule has 0 bridgehead atoms. The first-order chi connectivity index (χ1) is 13.3. The van der Waals surface area contributed by atoms with Gasteiger partial charge in [-0.05, 0) is 54.1 Å². The monoisotopic (exact) mass is 355 g/mol. The SMILES string of the molecule is O=C(NCc1ccc(Oc2ccccc2)cc1)c1ccc2ncccc2n1. The van der Waals surface area contributed by atoms with E-state index in [1.807, 2.05) is 60.7 Å². The molecule has 0 aliphatic carbocycles. The number of benzene rings is 2.